The fourth-order valence-corrected chi connectivity index (χ4v) is 4.21. The highest BCUT2D eigenvalue weighted by Gasteiger charge is 2.41. The van der Waals surface area contributed by atoms with Crippen molar-refractivity contribution in [3.63, 3.8) is 0 Å². The van der Waals surface area contributed by atoms with Gasteiger partial charge in [-0.3, -0.25) is 14.5 Å². The Morgan fingerprint density at radius 1 is 0.926 bits per heavy atom. The molecule has 4 heteroatoms. The molecule has 27 heavy (non-hydrogen) atoms. The topological polar surface area (TPSA) is 40.6 Å². The highest BCUT2D eigenvalue weighted by atomic mass is 16.2. The summed E-state index contributed by atoms with van der Waals surface area (Å²) in [5.41, 5.74) is 4.41. The number of rotatable bonds is 7. The van der Waals surface area contributed by atoms with Crippen molar-refractivity contribution < 1.29 is 9.59 Å². The average Bonchev–Trinajstić information content (AvgIpc) is 2.90. The molecule has 0 aromatic heterocycles. The molecule has 0 aliphatic carbocycles. The SMILES string of the molecule is CCCCCCN1C(=O)C(c2ccc(C)cc2C)=C(N2CCCCC2)C1=O. The Balaban J connectivity index is 1.95. The zero-order chi connectivity index (χ0) is 19.4. The van der Waals surface area contributed by atoms with Crippen LogP contribution in [0.3, 0.4) is 0 Å². The van der Waals surface area contributed by atoms with Gasteiger partial charge in [0.15, 0.2) is 0 Å². The van der Waals surface area contributed by atoms with Crippen molar-refractivity contribution in [3.8, 4) is 0 Å². The van der Waals surface area contributed by atoms with Crippen LogP contribution >= 0.6 is 0 Å². The normalized spacial score (nSPS) is 18.0. The first-order chi connectivity index (χ1) is 13.0. The number of likely N-dealkylation sites (tertiary alicyclic amines) is 1. The summed E-state index contributed by atoms with van der Waals surface area (Å²) in [7, 11) is 0. The van der Waals surface area contributed by atoms with E-state index in [1.807, 2.05) is 19.1 Å². The van der Waals surface area contributed by atoms with E-state index in [0.717, 1.165) is 62.7 Å². The lowest BCUT2D eigenvalue weighted by atomic mass is 9.97. The second-order valence-corrected chi connectivity index (χ2v) is 7.91. The molecule has 4 nitrogen and oxygen atoms in total. The molecule has 0 atom stereocenters. The summed E-state index contributed by atoms with van der Waals surface area (Å²) in [5.74, 6) is -0.197. The number of amides is 2. The smallest absolute Gasteiger partial charge is 0.277 e. The van der Waals surface area contributed by atoms with Crippen molar-refractivity contribution in [3.05, 3.63) is 40.6 Å². The molecule has 2 aliphatic heterocycles. The molecule has 0 spiro atoms. The van der Waals surface area contributed by atoms with Gasteiger partial charge in [-0.05, 0) is 50.7 Å². The monoisotopic (exact) mass is 368 g/mol. The zero-order valence-electron chi connectivity index (χ0n) is 17.0. The first kappa shape index (κ1) is 19.7. The molecule has 146 valence electrons. The molecule has 1 saturated heterocycles. The maximum Gasteiger partial charge on any atom is 0.277 e. The number of nitrogens with zero attached hydrogens (tertiary/aromatic N) is 2. The van der Waals surface area contributed by atoms with E-state index in [0.29, 0.717) is 17.8 Å². The lowest BCUT2D eigenvalue weighted by Crippen LogP contribution is -2.37. The quantitative estimate of drug-likeness (QED) is 0.527. The minimum Gasteiger partial charge on any atom is -0.366 e. The number of hydrogen-bond acceptors (Lipinski definition) is 3. The highest BCUT2D eigenvalue weighted by molar-refractivity contribution is 6.35. The largest absolute Gasteiger partial charge is 0.366 e. The number of hydrogen-bond donors (Lipinski definition) is 0. The Morgan fingerprint density at radius 2 is 1.67 bits per heavy atom. The van der Waals surface area contributed by atoms with E-state index in [4.69, 9.17) is 0 Å². The summed E-state index contributed by atoms with van der Waals surface area (Å²) in [6.07, 6.45) is 7.61. The molecule has 1 aromatic carbocycles. The first-order valence-corrected chi connectivity index (χ1v) is 10.5. The third-order valence-corrected chi connectivity index (χ3v) is 5.70. The van der Waals surface area contributed by atoms with Crippen LogP contribution in [-0.4, -0.2) is 41.2 Å². The van der Waals surface area contributed by atoms with E-state index in [1.54, 1.807) is 0 Å². The third-order valence-electron chi connectivity index (χ3n) is 5.70. The van der Waals surface area contributed by atoms with Crippen molar-refractivity contribution in [2.24, 2.45) is 0 Å². The molecule has 1 aromatic rings. The summed E-state index contributed by atoms with van der Waals surface area (Å²) in [5, 5.41) is 0. The molecule has 0 N–H and O–H groups in total. The predicted octanol–water partition coefficient (Wildman–Crippen LogP) is 4.45. The van der Waals surface area contributed by atoms with E-state index in [9.17, 15) is 9.59 Å². The van der Waals surface area contributed by atoms with Gasteiger partial charge < -0.3 is 4.90 Å². The fraction of sp³-hybridized carbons (Fsp3) is 0.565. The van der Waals surface area contributed by atoms with Gasteiger partial charge in [-0.25, -0.2) is 0 Å². The van der Waals surface area contributed by atoms with Gasteiger partial charge >= 0.3 is 0 Å². The van der Waals surface area contributed by atoms with Crippen LogP contribution in [0.1, 0.15) is 68.6 Å². The Kier molecular flexibility index (Phi) is 6.35. The first-order valence-electron chi connectivity index (χ1n) is 10.5. The van der Waals surface area contributed by atoms with Crippen LogP contribution in [0.2, 0.25) is 0 Å². The molecule has 1 fully saturated rings. The molecule has 2 aliphatic rings. The van der Waals surface area contributed by atoms with Crippen molar-refractivity contribution >= 4 is 17.4 Å². The minimum atomic E-state index is -0.107. The van der Waals surface area contributed by atoms with Gasteiger partial charge in [-0.1, -0.05) is 49.9 Å². The second kappa shape index (κ2) is 8.73. The highest BCUT2D eigenvalue weighted by Crippen LogP contribution is 2.34. The van der Waals surface area contributed by atoms with Gasteiger partial charge in [0, 0.05) is 19.6 Å². The van der Waals surface area contributed by atoms with Crippen LogP contribution in [0.4, 0.5) is 0 Å². The third kappa shape index (κ3) is 4.10. The molecule has 0 radical (unpaired) electrons. The van der Waals surface area contributed by atoms with Crippen molar-refractivity contribution in [2.75, 3.05) is 19.6 Å². The summed E-state index contributed by atoms with van der Waals surface area (Å²) in [4.78, 5) is 30.2. The van der Waals surface area contributed by atoms with Gasteiger partial charge in [0.1, 0.15) is 5.70 Å². The van der Waals surface area contributed by atoms with E-state index < -0.39 is 0 Å². The Labute approximate surface area is 163 Å². The van der Waals surface area contributed by atoms with E-state index in [-0.39, 0.29) is 11.8 Å². The number of benzene rings is 1. The Bertz CT molecular complexity index is 745. The van der Waals surface area contributed by atoms with Crippen LogP contribution in [0.5, 0.6) is 0 Å². The van der Waals surface area contributed by atoms with Gasteiger partial charge in [0.2, 0.25) is 0 Å². The summed E-state index contributed by atoms with van der Waals surface area (Å²) < 4.78 is 0. The number of aryl methyl sites for hydroxylation is 2. The second-order valence-electron chi connectivity index (χ2n) is 7.91. The standard InChI is InChI=1S/C23H32N2O2/c1-4-5-6-10-15-25-22(26)20(19-12-11-17(2)16-18(19)3)21(23(25)27)24-13-8-7-9-14-24/h11-12,16H,4-10,13-15H2,1-3H3. The van der Waals surface area contributed by atoms with Gasteiger partial charge in [0.25, 0.3) is 11.8 Å². The summed E-state index contributed by atoms with van der Waals surface area (Å²) in [6.45, 7) is 8.52. The number of unbranched alkanes of at least 4 members (excludes halogenated alkanes) is 3. The molecule has 0 saturated carbocycles. The summed E-state index contributed by atoms with van der Waals surface area (Å²) >= 11 is 0. The van der Waals surface area contributed by atoms with Crippen molar-refractivity contribution in [1.29, 1.82) is 0 Å². The molecule has 0 bridgehead atoms. The van der Waals surface area contributed by atoms with Crippen LogP contribution in [0.15, 0.2) is 23.9 Å². The van der Waals surface area contributed by atoms with Crippen LogP contribution in [-0.2, 0) is 9.59 Å². The van der Waals surface area contributed by atoms with Gasteiger partial charge in [0.05, 0.1) is 5.57 Å². The minimum absolute atomic E-state index is 0.0895. The Hall–Kier alpha value is -2.10. The molecular formula is C23H32N2O2. The lowest BCUT2D eigenvalue weighted by Gasteiger charge is -2.29. The predicted molar refractivity (Wildman–Crippen MR) is 109 cm³/mol. The molecule has 2 heterocycles. The number of piperidine rings is 1. The maximum atomic E-state index is 13.3. The molecule has 3 rings (SSSR count). The number of imide groups is 1. The molecular weight excluding hydrogens is 336 g/mol. The van der Waals surface area contributed by atoms with Gasteiger partial charge in [-0.2, -0.15) is 0 Å². The Morgan fingerprint density at radius 3 is 2.33 bits per heavy atom. The average molecular weight is 369 g/mol. The lowest BCUT2D eigenvalue weighted by molar-refractivity contribution is -0.137. The van der Waals surface area contributed by atoms with E-state index in [2.05, 4.69) is 24.8 Å². The maximum absolute atomic E-state index is 13.3. The van der Waals surface area contributed by atoms with Crippen LogP contribution < -0.4 is 0 Å². The van der Waals surface area contributed by atoms with Crippen molar-refractivity contribution in [2.45, 2.75) is 65.7 Å². The number of carbonyl (C=O) groups excluding carboxylic acids is 2. The van der Waals surface area contributed by atoms with Gasteiger partial charge in [-0.15, -0.1) is 0 Å². The molecule has 2 amide bonds. The fourth-order valence-electron chi connectivity index (χ4n) is 4.21. The van der Waals surface area contributed by atoms with E-state index >= 15 is 0 Å². The zero-order valence-corrected chi connectivity index (χ0v) is 17.0. The molecule has 0 unspecified atom stereocenters. The summed E-state index contributed by atoms with van der Waals surface area (Å²) in [6, 6.07) is 6.14. The van der Waals surface area contributed by atoms with Crippen molar-refractivity contribution in [1.82, 2.24) is 9.80 Å². The van der Waals surface area contributed by atoms with Crippen LogP contribution in [0, 0.1) is 13.8 Å². The van der Waals surface area contributed by atoms with E-state index in [1.165, 1.54) is 16.9 Å². The number of carbonyl (C=O) groups is 2. The van der Waals surface area contributed by atoms with Crippen LogP contribution in [0.25, 0.3) is 5.57 Å².